The van der Waals surface area contributed by atoms with Gasteiger partial charge in [0.05, 0.1) is 52.7 Å². The lowest BCUT2D eigenvalue weighted by atomic mass is 10.1. The molecule has 1 aromatic heterocycles. The Morgan fingerprint density at radius 1 is 1.28 bits per heavy atom. The molecule has 0 aliphatic heterocycles. The minimum atomic E-state index is -0.805. The minimum absolute atomic E-state index is 0.00820. The summed E-state index contributed by atoms with van der Waals surface area (Å²) in [5.74, 6) is -0.925. The molecule has 3 aromatic rings. The summed E-state index contributed by atoms with van der Waals surface area (Å²) in [4.78, 5) is 41.8. The molecule has 8 nitrogen and oxygen atoms in total. The zero-order valence-electron chi connectivity index (χ0n) is 17.7. The number of nitrogens with zero attached hydrogens (tertiary/aromatic N) is 2. The number of benzene rings is 2. The number of anilines is 1. The molecule has 0 aliphatic rings. The number of amides is 1. The predicted molar refractivity (Wildman–Crippen MR) is 125 cm³/mol. The summed E-state index contributed by atoms with van der Waals surface area (Å²) in [5.41, 5.74) is 1.62. The van der Waals surface area contributed by atoms with Gasteiger partial charge >= 0.3 is 5.97 Å². The average molecular weight is 476 g/mol. The highest BCUT2D eigenvalue weighted by molar-refractivity contribution is 7.99. The summed E-state index contributed by atoms with van der Waals surface area (Å²) in [5, 5.41) is 13.5. The van der Waals surface area contributed by atoms with Crippen LogP contribution in [0.25, 0.3) is 10.9 Å². The summed E-state index contributed by atoms with van der Waals surface area (Å²) in [6.07, 6.45) is -0.805. The maximum atomic E-state index is 13.0. The zero-order valence-corrected chi connectivity index (χ0v) is 19.3. The van der Waals surface area contributed by atoms with Crippen molar-refractivity contribution >= 4 is 51.8 Å². The lowest BCUT2D eigenvalue weighted by Gasteiger charge is -2.15. The first-order valence-electron chi connectivity index (χ1n) is 9.69. The number of aryl methyl sites for hydroxylation is 1. The minimum Gasteiger partial charge on any atom is -0.465 e. The summed E-state index contributed by atoms with van der Waals surface area (Å²) in [6, 6.07) is 9.73. The molecular weight excluding hydrogens is 454 g/mol. The van der Waals surface area contributed by atoms with E-state index in [0.717, 1.165) is 17.3 Å². The number of halogens is 1. The van der Waals surface area contributed by atoms with Gasteiger partial charge in [0.25, 0.3) is 5.56 Å². The van der Waals surface area contributed by atoms with Gasteiger partial charge in [0.15, 0.2) is 5.16 Å². The number of hydrogen-bond acceptors (Lipinski definition) is 7. The molecule has 10 heteroatoms. The van der Waals surface area contributed by atoms with E-state index >= 15 is 0 Å². The standard InChI is InChI=1S/C22H22ClN3O5S/c1-12-4-7-17(16(23)8-12)24-19(28)11-32-22-25-18-9-14(21(30)31-3)5-6-15(18)20(29)26(22)10-13(2)27/h4-9,13,27H,10-11H2,1-3H3,(H,24,28)/t13-/m1/s1. The Morgan fingerprint density at radius 2 is 2.03 bits per heavy atom. The van der Waals surface area contributed by atoms with E-state index in [1.165, 1.54) is 29.9 Å². The first-order valence-corrected chi connectivity index (χ1v) is 11.1. The number of fused-ring (bicyclic) bond motifs is 1. The van der Waals surface area contributed by atoms with Crippen molar-refractivity contribution in [2.75, 3.05) is 18.2 Å². The first-order chi connectivity index (χ1) is 15.2. The fourth-order valence-electron chi connectivity index (χ4n) is 3.02. The van der Waals surface area contributed by atoms with Gasteiger partial charge in [0, 0.05) is 0 Å². The van der Waals surface area contributed by atoms with Crippen LogP contribution >= 0.6 is 23.4 Å². The fraction of sp³-hybridized carbons (Fsp3) is 0.273. The highest BCUT2D eigenvalue weighted by Gasteiger charge is 2.17. The van der Waals surface area contributed by atoms with E-state index in [2.05, 4.69) is 10.3 Å². The van der Waals surface area contributed by atoms with Crippen molar-refractivity contribution in [3.63, 3.8) is 0 Å². The van der Waals surface area contributed by atoms with Gasteiger partial charge < -0.3 is 15.2 Å². The van der Waals surface area contributed by atoms with Crippen molar-refractivity contribution in [3.05, 3.63) is 62.9 Å². The highest BCUT2D eigenvalue weighted by Crippen LogP contribution is 2.24. The third kappa shape index (κ3) is 5.48. The lowest BCUT2D eigenvalue weighted by Crippen LogP contribution is -2.28. The number of esters is 1. The number of hydrogen-bond donors (Lipinski definition) is 2. The van der Waals surface area contributed by atoms with Crippen LogP contribution in [0.5, 0.6) is 0 Å². The molecule has 2 aromatic carbocycles. The molecular formula is C22H22ClN3O5S. The van der Waals surface area contributed by atoms with Crippen molar-refractivity contribution in [1.82, 2.24) is 9.55 Å². The summed E-state index contributed by atoms with van der Waals surface area (Å²) < 4.78 is 6.04. The Morgan fingerprint density at radius 3 is 2.69 bits per heavy atom. The number of rotatable bonds is 7. The van der Waals surface area contributed by atoms with E-state index in [-0.39, 0.29) is 34.5 Å². The summed E-state index contributed by atoms with van der Waals surface area (Å²) >= 11 is 7.21. The Kier molecular flexibility index (Phi) is 7.55. The average Bonchev–Trinajstić information content (AvgIpc) is 2.75. The SMILES string of the molecule is COC(=O)c1ccc2c(=O)n(C[C@@H](C)O)c(SCC(=O)Nc3ccc(C)cc3Cl)nc2c1. The normalized spacial score (nSPS) is 11.9. The van der Waals surface area contributed by atoms with Gasteiger partial charge in [-0.3, -0.25) is 14.2 Å². The molecule has 1 amide bonds. The van der Waals surface area contributed by atoms with Crippen LogP contribution in [-0.2, 0) is 16.1 Å². The van der Waals surface area contributed by atoms with Gasteiger partial charge in [-0.25, -0.2) is 9.78 Å². The van der Waals surface area contributed by atoms with Crippen molar-refractivity contribution < 1.29 is 19.4 Å². The summed E-state index contributed by atoms with van der Waals surface area (Å²) in [7, 11) is 1.26. The topological polar surface area (TPSA) is 111 Å². The summed E-state index contributed by atoms with van der Waals surface area (Å²) in [6.45, 7) is 3.46. The number of carbonyl (C=O) groups excluding carboxylic acids is 2. The number of nitrogens with one attached hydrogen (secondary N) is 1. The molecule has 0 fully saturated rings. The van der Waals surface area contributed by atoms with E-state index in [1.807, 2.05) is 13.0 Å². The van der Waals surface area contributed by atoms with E-state index in [9.17, 15) is 19.5 Å². The van der Waals surface area contributed by atoms with Gasteiger partial charge in [0.1, 0.15) is 0 Å². The number of aliphatic hydroxyl groups excluding tert-OH is 1. The van der Waals surface area contributed by atoms with Gasteiger partial charge in [-0.15, -0.1) is 0 Å². The van der Waals surface area contributed by atoms with E-state index in [1.54, 1.807) is 19.1 Å². The van der Waals surface area contributed by atoms with Crippen molar-refractivity contribution in [2.24, 2.45) is 0 Å². The number of aromatic nitrogens is 2. The van der Waals surface area contributed by atoms with Crippen LogP contribution in [0, 0.1) is 6.92 Å². The van der Waals surface area contributed by atoms with Crippen LogP contribution in [-0.4, -0.2) is 45.5 Å². The second kappa shape index (κ2) is 10.2. The van der Waals surface area contributed by atoms with E-state index in [0.29, 0.717) is 21.6 Å². The monoisotopic (exact) mass is 475 g/mol. The van der Waals surface area contributed by atoms with E-state index < -0.39 is 12.1 Å². The molecule has 2 N–H and O–H groups in total. The maximum absolute atomic E-state index is 13.0. The van der Waals surface area contributed by atoms with Crippen LogP contribution in [0.3, 0.4) is 0 Å². The third-order valence-corrected chi connectivity index (χ3v) is 5.81. The maximum Gasteiger partial charge on any atom is 0.337 e. The first kappa shape index (κ1) is 23.8. The largest absolute Gasteiger partial charge is 0.465 e. The molecule has 0 saturated carbocycles. The van der Waals surface area contributed by atoms with Gasteiger partial charge in [-0.1, -0.05) is 29.4 Å². The molecule has 0 saturated heterocycles. The molecule has 168 valence electrons. The Hall–Kier alpha value is -2.88. The molecule has 0 bridgehead atoms. The van der Waals surface area contributed by atoms with E-state index in [4.69, 9.17) is 16.3 Å². The molecule has 0 radical (unpaired) electrons. The number of thioether (sulfide) groups is 1. The quantitative estimate of drug-likeness (QED) is 0.306. The number of aliphatic hydroxyl groups is 1. The van der Waals surface area contributed by atoms with Gasteiger partial charge in [-0.2, -0.15) is 0 Å². The predicted octanol–water partition coefficient (Wildman–Crippen LogP) is 3.26. The molecule has 1 atom stereocenters. The van der Waals surface area contributed by atoms with Crippen LogP contribution in [0.15, 0.2) is 46.3 Å². The van der Waals surface area contributed by atoms with Crippen molar-refractivity contribution in [3.8, 4) is 0 Å². The fourth-order valence-corrected chi connectivity index (χ4v) is 4.11. The Labute approximate surface area is 193 Å². The second-order valence-corrected chi connectivity index (χ2v) is 8.55. The molecule has 3 rings (SSSR count). The molecule has 1 heterocycles. The van der Waals surface area contributed by atoms with Crippen LogP contribution < -0.4 is 10.9 Å². The molecule has 32 heavy (non-hydrogen) atoms. The third-order valence-electron chi connectivity index (χ3n) is 4.52. The van der Waals surface area contributed by atoms with Crippen molar-refractivity contribution in [1.29, 1.82) is 0 Å². The number of ether oxygens (including phenoxy) is 1. The van der Waals surface area contributed by atoms with Crippen LogP contribution in [0.2, 0.25) is 5.02 Å². The number of methoxy groups -OCH3 is 1. The van der Waals surface area contributed by atoms with Gasteiger partial charge in [-0.05, 0) is 49.7 Å². The molecule has 0 aliphatic carbocycles. The lowest BCUT2D eigenvalue weighted by molar-refractivity contribution is -0.113. The van der Waals surface area contributed by atoms with Crippen LogP contribution in [0.1, 0.15) is 22.8 Å². The smallest absolute Gasteiger partial charge is 0.337 e. The Bertz CT molecular complexity index is 1240. The molecule has 0 spiro atoms. The second-order valence-electron chi connectivity index (χ2n) is 7.20. The van der Waals surface area contributed by atoms with Crippen LogP contribution in [0.4, 0.5) is 5.69 Å². The van der Waals surface area contributed by atoms with Crippen molar-refractivity contribution in [2.45, 2.75) is 31.7 Å². The Balaban J connectivity index is 1.91. The van der Waals surface area contributed by atoms with Gasteiger partial charge in [0.2, 0.25) is 5.91 Å². The molecule has 0 unspecified atom stereocenters. The zero-order chi connectivity index (χ0) is 23.4. The number of carbonyl (C=O) groups is 2. The highest BCUT2D eigenvalue weighted by atomic mass is 35.5.